The molecule has 1 saturated heterocycles. The molecule has 3 heterocycles. The molecular formula is C26H43N5O5Si. The summed E-state index contributed by atoms with van der Waals surface area (Å²) in [6.45, 7) is 20.6. The minimum atomic E-state index is -2.62. The van der Waals surface area contributed by atoms with Crippen molar-refractivity contribution in [2.24, 2.45) is 5.92 Å². The van der Waals surface area contributed by atoms with Gasteiger partial charge in [0.25, 0.3) is 0 Å². The Hall–Kier alpha value is -2.53. The lowest BCUT2D eigenvalue weighted by Gasteiger charge is -2.57. The molecule has 0 aromatic carbocycles. The molecule has 10 nitrogen and oxygen atoms in total. The molecule has 4 atom stereocenters. The molecule has 1 aliphatic heterocycles. The standard InChI is InChI=1S/C26H43N5O5Si/c1-15(2)12-37(25(5,6)7,26(8,9)10)24(35-17(4)33)21-18(34-16(3)32)11-19(36-21)31-14-30-20-22(27)28-13-29-23(20)31/h13-15,18-19,21,24H,11-12H2,1-10H3,(H2,27,28,29)/t18-,19+,21-,24?/m0/s1. The maximum absolute atomic E-state index is 12.6. The maximum atomic E-state index is 12.6. The number of hydrogen-bond acceptors (Lipinski definition) is 9. The van der Waals surface area contributed by atoms with Gasteiger partial charge < -0.3 is 19.9 Å². The Morgan fingerprint density at radius 1 is 1.11 bits per heavy atom. The van der Waals surface area contributed by atoms with Crippen LogP contribution < -0.4 is 5.73 Å². The lowest BCUT2D eigenvalue weighted by Crippen LogP contribution is -2.67. The number of esters is 2. The molecule has 0 saturated carbocycles. The molecule has 1 aliphatic rings. The number of carbonyl (C=O) groups excluding carboxylic acids is 2. The van der Waals surface area contributed by atoms with Crippen LogP contribution in [0.2, 0.25) is 16.1 Å². The van der Waals surface area contributed by atoms with Crippen molar-refractivity contribution in [3.8, 4) is 0 Å². The highest BCUT2D eigenvalue weighted by Crippen LogP contribution is 2.58. The molecule has 1 fully saturated rings. The van der Waals surface area contributed by atoms with Gasteiger partial charge in [-0.15, -0.1) is 0 Å². The lowest BCUT2D eigenvalue weighted by molar-refractivity contribution is -0.160. The van der Waals surface area contributed by atoms with Gasteiger partial charge in [-0.1, -0.05) is 61.4 Å². The third kappa shape index (κ3) is 5.52. The molecule has 0 bridgehead atoms. The van der Waals surface area contributed by atoms with Gasteiger partial charge in [0.05, 0.1) is 6.33 Å². The first-order valence-electron chi connectivity index (χ1n) is 12.9. The normalized spacial score (nSPS) is 21.9. The summed E-state index contributed by atoms with van der Waals surface area (Å²) >= 11 is 0. The Kier molecular flexibility index (Phi) is 8.10. The number of rotatable bonds is 7. The van der Waals surface area contributed by atoms with Gasteiger partial charge in [0, 0.05) is 20.3 Å². The first kappa shape index (κ1) is 29.0. The van der Waals surface area contributed by atoms with Gasteiger partial charge in [-0.3, -0.25) is 14.2 Å². The SMILES string of the molecule is CC(=O)OC([C@H]1O[C@@H](n2cnc3c(N)ncnc32)C[C@@H]1OC(C)=O)[Si](CC(C)C)(C(C)(C)C)C(C)(C)C. The van der Waals surface area contributed by atoms with Crippen molar-refractivity contribution in [2.45, 2.75) is 116 Å². The average Bonchev–Trinajstić information content (AvgIpc) is 3.32. The number of nitrogen functional groups attached to an aromatic ring is 1. The van der Waals surface area contributed by atoms with Gasteiger partial charge >= 0.3 is 11.9 Å². The molecule has 0 radical (unpaired) electrons. The van der Waals surface area contributed by atoms with Crippen molar-refractivity contribution in [2.75, 3.05) is 5.73 Å². The van der Waals surface area contributed by atoms with Crippen molar-refractivity contribution in [3.63, 3.8) is 0 Å². The summed E-state index contributed by atoms with van der Waals surface area (Å²) in [4.78, 5) is 37.6. The first-order valence-corrected chi connectivity index (χ1v) is 15.2. The summed E-state index contributed by atoms with van der Waals surface area (Å²) in [5, 5.41) is -0.331. The summed E-state index contributed by atoms with van der Waals surface area (Å²) < 4.78 is 20.6. The van der Waals surface area contributed by atoms with Crippen molar-refractivity contribution in [1.29, 1.82) is 0 Å². The van der Waals surface area contributed by atoms with Crippen LogP contribution in [0.5, 0.6) is 0 Å². The number of nitrogens with zero attached hydrogens (tertiary/aromatic N) is 4. The van der Waals surface area contributed by atoms with E-state index in [2.05, 4.69) is 70.3 Å². The van der Waals surface area contributed by atoms with Crippen LogP contribution in [0.25, 0.3) is 11.2 Å². The van der Waals surface area contributed by atoms with Crippen LogP contribution >= 0.6 is 0 Å². The van der Waals surface area contributed by atoms with Crippen LogP contribution in [0.15, 0.2) is 12.7 Å². The molecule has 0 aliphatic carbocycles. The Bertz CT molecular complexity index is 1120. The summed E-state index contributed by atoms with van der Waals surface area (Å²) in [6.07, 6.45) is 1.54. The van der Waals surface area contributed by atoms with Crippen molar-refractivity contribution < 1.29 is 23.8 Å². The second-order valence-corrected chi connectivity index (χ2v) is 18.5. The molecule has 1 unspecified atom stereocenters. The molecule has 2 aromatic rings. The van der Waals surface area contributed by atoms with Crippen molar-refractivity contribution in [1.82, 2.24) is 19.5 Å². The quantitative estimate of drug-likeness (QED) is 0.393. The minimum Gasteiger partial charge on any atom is -0.463 e. The zero-order valence-corrected chi connectivity index (χ0v) is 24.9. The second-order valence-electron chi connectivity index (χ2n) is 12.6. The zero-order valence-electron chi connectivity index (χ0n) is 23.9. The minimum absolute atomic E-state index is 0.165. The van der Waals surface area contributed by atoms with E-state index in [9.17, 15) is 9.59 Å². The van der Waals surface area contributed by atoms with Gasteiger partial charge in [0.2, 0.25) is 0 Å². The smallest absolute Gasteiger partial charge is 0.303 e. The molecule has 37 heavy (non-hydrogen) atoms. The number of nitrogens with two attached hydrogens (primary N) is 1. The lowest BCUT2D eigenvalue weighted by atomic mass is 10.1. The number of anilines is 1. The second kappa shape index (κ2) is 10.3. The molecule has 2 N–H and O–H groups in total. The molecule has 2 aromatic heterocycles. The van der Waals surface area contributed by atoms with Crippen LogP contribution in [-0.4, -0.2) is 57.5 Å². The molecular weight excluding hydrogens is 490 g/mol. The van der Waals surface area contributed by atoms with E-state index in [-0.39, 0.29) is 21.9 Å². The Labute approximate surface area is 220 Å². The van der Waals surface area contributed by atoms with Gasteiger partial charge in [0.1, 0.15) is 44.1 Å². The fraction of sp³-hybridized carbons (Fsp3) is 0.731. The number of fused-ring (bicyclic) bond motifs is 1. The number of ether oxygens (including phenoxy) is 3. The molecule has 3 rings (SSSR count). The number of aromatic nitrogens is 4. The van der Waals surface area contributed by atoms with E-state index < -0.39 is 38.2 Å². The average molecular weight is 534 g/mol. The predicted octanol–water partition coefficient (Wildman–Crippen LogP) is 4.80. The van der Waals surface area contributed by atoms with Crippen LogP contribution in [0.4, 0.5) is 5.82 Å². The summed E-state index contributed by atoms with van der Waals surface area (Å²) in [7, 11) is -2.62. The van der Waals surface area contributed by atoms with Crippen LogP contribution in [0.3, 0.4) is 0 Å². The van der Waals surface area contributed by atoms with E-state index >= 15 is 0 Å². The van der Waals surface area contributed by atoms with Crippen molar-refractivity contribution in [3.05, 3.63) is 12.7 Å². The Morgan fingerprint density at radius 2 is 1.73 bits per heavy atom. The fourth-order valence-electron chi connectivity index (χ4n) is 6.49. The highest BCUT2D eigenvalue weighted by molar-refractivity contribution is 6.86. The summed E-state index contributed by atoms with van der Waals surface area (Å²) in [5.41, 5.74) is 6.45. The van der Waals surface area contributed by atoms with E-state index in [1.807, 2.05) is 0 Å². The van der Waals surface area contributed by atoms with E-state index in [0.29, 0.717) is 23.5 Å². The Balaban J connectivity index is 2.19. The maximum Gasteiger partial charge on any atom is 0.303 e. The van der Waals surface area contributed by atoms with E-state index in [1.165, 1.54) is 20.2 Å². The molecule has 206 valence electrons. The van der Waals surface area contributed by atoms with Gasteiger partial charge in [-0.05, 0) is 16.0 Å². The third-order valence-electron chi connectivity index (χ3n) is 7.61. The van der Waals surface area contributed by atoms with Gasteiger partial charge in [-0.2, -0.15) is 0 Å². The summed E-state index contributed by atoms with van der Waals surface area (Å²) in [6, 6.07) is 0.910. The zero-order chi connectivity index (χ0) is 27.9. The molecule has 0 spiro atoms. The van der Waals surface area contributed by atoms with E-state index in [1.54, 1.807) is 10.9 Å². The fourth-order valence-corrected chi connectivity index (χ4v) is 14.4. The largest absolute Gasteiger partial charge is 0.463 e. The number of hydrogen-bond donors (Lipinski definition) is 1. The Morgan fingerprint density at radius 3 is 2.24 bits per heavy atom. The monoisotopic (exact) mass is 533 g/mol. The highest BCUT2D eigenvalue weighted by Gasteiger charge is 2.64. The van der Waals surface area contributed by atoms with Crippen molar-refractivity contribution >= 4 is 37.0 Å². The summed E-state index contributed by atoms with van der Waals surface area (Å²) in [5.74, 6) is -0.145. The van der Waals surface area contributed by atoms with E-state index in [4.69, 9.17) is 19.9 Å². The topological polar surface area (TPSA) is 131 Å². The molecule has 0 amide bonds. The van der Waals surface area contributed by atoms with E-state index in [0.717, 1.165) is 6.04 Å². The van der Waals surface area contributed by atoms with Crippen LogP contribution in [-0.2, 0) is 23.8 Å². The van der Waals surface area contributed by atoms with Gasteiger partial charge in [-0.25, -0.2) is 15.0 Å². The molecule has 11 heteroatoms. The van der Waals surface area contributed by atoms with Crippen LogP contribution in [0.1, 0.15) is 81.9 Å². The van der Waals surface area contributed by atoms with Crippen LogP contribution in [0, 0.1) is 5.92 Å². The predicted molar refractivity (Wildman–Crippen MR) is 144 cm³/mol. The third-order valence-corrected chi connectivity index (χ3v) is 15.8. The first-order chi connectivity index (χ1) is 17.0. The van der Waals surface area contributed by atoms with Gasteiger partial charge in [0.15, 0.2) is 11.5 Å². The number of imidazole rings is 1. The number of carbonyl (C=O) groups is 2. The highest BCUT2D eigenvalue weighted by atomic mass is 28.3.